The molecule has 1 atom stereocenters. The molecule has 1 nitrogen and oxygen atoms in total. The lowest BCUT2D eigenvalue weighted by Gasteiger charge is -2.14. The standard InChI is InChI=1S/C15H18FN/c1-2-3-8-15(17)13-9-10-14(16)12-7-5-4-6-11(12)13/h4-7,9-10,15H,2-3,8,17H2,1H3. The number of benzene rings is 2. The van der Waals surface area contributed by atoms with Crippen LogP contribution in [-0.2, 0) is 0 Å². The Balaban J connectivity index is 2.44. The van der Waals surface area contributed by atoms with Crippen LogP contribution in [0.15, 0.2) is 36.4 Å². The fourth-order valence-electron chi connectivity index (χ4n) is 2.19. The average molecular weight is 231 g/mol. The molecule has 0 aliphatic heterocycles. The van der Waals surface area contributed by atoms with E-state index >= 15 is 0 Å². The first-order chi connectivity index (χ1) is 8.24. The van der Waals surface area contributed by atoms with Crippen molar-refractivity contribution in [1.82, 2.24) is 0 Å². The monoisotopic (exact) mass is 231 g/mol. The van der Waals surface area contributed by atoms with Gasteiger partial charge in [-0.1, -0.05) is 50.1 Å². The number of rotatable bonds is 4. The molecule has 0 heterocycles. The quantitative estimate of drug-likeness (QED) is 0.839. The van der Waals surface area contributed by atoms with Crippen LogP contribution in [0.25, 0.3) is 10.8 Å². The molecular formula is C15H18FN. The van der Waals surface area contributed by atoms with Crippen molar-refractivity contribution in [2.45, 2.75) is 32.2 Å². The number of hydrogen-bond donors (Lipinski definition) is 1. The van der Waals surface area contributed by atoms with Crippen LogP contribution in [0.5, 0.6) is 0 Å². The van der Waals surface area contributed by atoms with Crippen LogP contribution in [0.4, 0.5) is 4.39 Å². The molecule has 0 aliphatic carbocycles. The van der Waals surface area contributed by atoms with E-state index in [0.717, 1.165) is 30.2 Å². The van der Waals surface area contributed by atoms with Crippen LogP contribution in [0.3, 0.4) is 0 Å². The van der Waals surface area contributed by atoms with E-state index in [0.29, 0.717) is 5.39 Å². The zero-order valence-electron chi connectivity index (χ0n) is 10.1. The lowest BCUT2D eigenvalue weighted by atomic mass is 9.96. The number of nitrogens with two attached hydrogens (primary N) is 1. The number of hydrogen-bond acceptors (Lipinski definition) is 1. The largest absolute Gasteiger partial charge is 0.324 e. The first-order valence-corrected chi connectivity index (χ1v) is 6.16. The normalized spacial score (nSPS) is 12.9. The highest BCUT2D eigenvalue weighted by Gasteiger charge is 2.11. The highest BCUT2D eigenvalue weighted by Crippen LogP contribution is 2.27. The molecule has 0 amide bonds. The summed E-state index contributed by atoms with van der Waals surface area (Å²) in [5, 5.41) is 1.60. The third kappa shape index (κ3) is 2.47. The maximum atomic E-state index is 13.6. The molecule has 2 rings (SSSR count). The van der Waals surface area contributed by atoms with E-state index in [1.54, 1.807) is 6.07 Å². The summed E-state index contributed by atoms with van der Waals surface area (Å²) in [5.74, 6) is -0.174. The van der Waals surface area contributed by atoms with Gasteiger partial charge < -0.3 is 5.73 Å². The first kappa shape index (κ1) is 12.1. The lowest BCUT2D eigenvalue weighted by molar-refractivity contribution is 0.603. The van der Waals surface area contributed by atoms with Gasteiger partial charge in [-0.2, -0.15) is 0 Å². The number of unbranched alkanes of at least 4 members (excludes halogenated alkanes) is 1. The molecule has 0 radical (unpaired) electrons. The van der Waals surface area contributed by atoms with E-state index in [9.17, 15) is 4.39 Å². The third-order valence-corrected chi connectivity index (χ3v) is 3.17. The topological polar surface area (TPSA) is 26.0 Å². The number of fused-ring (bicyclic) bond motifs is 1. The molecule has 0 fully saturated rings. The third-order valence-electron chi connectivity index (χ3n) is 3.17. The zero-order valence-corrected chi connectivity index (χ0v) is 10.1. The van der Waals surface area contributed by atoms with Gasteiger partial charge in [0.1, 0.15) is 5.82 Å². The molecule has 17 heavy (non-hydrogen) atoms. The van der Waals surface area contributed by atoms with Gasteiger partial charge in [0.2, 0.25) is 0 Å². The summed E-state index contributed by atoms with van der Waals surface area (Å²) in [4.78, 5) is 0. The Morgan fingerprint density at radius 2 is 1.82 bits per heavy atom. The van der Waals surface area contributed by atoms with E-state index < -0.39 is 0 Å². The lowest BCUT2D eigenvalue weighted by Crippen LogP contribution is -2.10. The summed E-state index contributed by atoms with van der Waals surface area (Å²) in [7, 11) is 0. The van der Waals surface area contributed by atoms with Crippen molar-refractivity contribution in [2.75, 3.05) is 0 Å². The summed E-state index contributed by atoms with van der Waals surface area (Å²) >= 11 is 0. The SMILES string of the molecule is CCCCC(N)c1ccc(F)c2ccccc12. The Hall–Kier alpha value is -1.41. The Bertz CT molecular complexity index is 507. The maximum Gasteiger partial charge on any atom is 0.131 e. The van der Waals surface area contributed by atoms with Crippen LogP contribution in [0, 0.1) is 5.82 Å². The van der Waals surface area contributed by atoms with Crippen LogP contribution < -0.4 is 5.73 Å². The van der Waals surface area contributed by atoms with Gasteiger partial charge >= 0.3 is 0 Å². The van der Waals surface area contributed by atoms with Gasteiger partial charge in [0.05, 0.1) is 0 Å². The van der Waals surface area contributed by atoms with E-state index in [1.807, 2.05) is 24.3 Å². The second-order valence-corrected chi connectivity index (χ2v) is 4.43. The minimum absolute atomic E-state index is 0.000417. The fourth-order valence-corrected chi connectivity index (χ4v) is 2.19. The molecule has 0 aromatic heterocycles. The minimum Gasteiger partial charge on any atom is -0.324 e. The summed E-state index contributed by atoms with van der Waals surface area (Å²) in [5.41, 5.74) is 7.23. The second-order valence-electron chi connectivity index (χ2n) is 4.43. The Labute approximate surface area is 101 Å². The zero-order chi connectivity index (χ0) is 12.3. The molecule has 2 N–H and O–H groups in total. The van der Waals surface area contributed by atoms with Crippen molar-refractivity contribution in [1.29, 1.82) is 0 Å². The Morgan fingerprint density at radius 3 is 2.53 bits per heavy atom. The summed E-state index contributed by atoms with van der Waals surface area (Å²) in [6.07, 6.45) is 3.19. The van der Waals surface area contributed by atoms with Crippen LogP contribution >= 0.6 is 0 Å². The predicted molar refractivity (Wildman–Crippen MR) is 70.4 cm³/mol. The highest BCUT2D eigenvalue weighted by molar-refractivity contribution is 5.86. The van der Waals surface area contributed by atoms with Gasteiger partial charge in [-0.25, -0.2) is 4.39 Å². The van der Waals surface area contributed by atoms with E-state index in [2.05, 4.69) is 6.92 Å². The average Bonchev–Trinajstić information content (AvgIpc) is 2.37. The van der Waals surface area contributed by atoms with Gasteiger partial charge in [-0.3, -0.25) is 0 Å². The van der Waals surface area contributed by atoms with E-state index in [4.69, 9.17) is 5.73 Å². The summed E-state index contributed by atoms with van der Waals surface area (Å²) < 4.78 is 13.6. The molecular weight excluding hydrogens is 213 g/mol. The molecule has 0 saturated carbocycles. The van der Waals surface area contributed by atoms with Crippen molar-refractivity contribution in [2.24, 2.45) is 5.73 Å². The van der Waals surface area contributed by atoms with Gasteiger partial charge in [0, 0.05) is 11.4 Å². The van der Waals surface area contributed by atoms with Crippen molar-refractivity contribution < 1.29 is 4.39 Å². The first-order valence-electron chi connectivity index (χ1n) is 6.16. The van der Waals surface area contributed by atoms with Gasteiger partial charge in [0.15, 0.2) is 0 Å². The van der Waals surface area contributed by atoms with Crippen molar-refractivity contribution >= 4 is 10.8 Å². The van der Waals surface area contributed by atoms with E-state index in [1.165, 1.54) is 6.07 Å². The summed E-state index contributed by atoms with van der Waals surface area (Å²) in [6.45, 7) is 2.15. The molecule has 90 valence electrons. The molecule has 2 aromatic rings. The minimum atomic E-state index is -0.174. The molecule has 2 heteroatoms. The molecule has 0 bridgehead atoms. The van der Waals surface area contributed by atoms with Crippen molar-refractivity contribution in [3.8, 4) is 0 Å². The molecule has 2 aromatic carbocycles. The van der Waals surface area contributed by atoms with E-state index in [-0.39, 0.29) is 11.9 Å². The summed E-state index contributed by atoms with van der Waals surface area (Å²) in [6, 6.07) is 10.9. The van der Waals surface area contributed by atoms with Crippen molar-refractivity contribution in [3.63, 3.8) is 0 Å². The Morgan fingerprint density at radius 1 is 1.12 bits per heavy atom. The molecule has 0 spiro atoms. The highest BCUT2D eigenvalue weighted by atomic mass is 19.1. The smallest absolute Gasteiger partial charge is 0.131 e. The van der Waals surface area contributed by atoms with Crippen LogP contribution in [0.2, 0.25) is 0 Å². The number of halogens is 1. The van der Waals surface area contributed by atoms with Gasteiger partial charge in [-0.05, 0) is 23.4 Å². The Kier molecular flexibility index (Phi) is 3.75. The fraction of sp³-hybridized carbons (Fsp3) is 0.333. The van der Waals surface area contributed by atoms with Gasteiger partial charge in [0.25, 0.3) is 0 Å². The van der Waals surface area contributed by atoms with Crippen LogP contribution in [0.1, 0.15) is 37.8 Å². The van der Waals surface area contributed by atoms with Gasteiger partial charge in [-0.15, -0.1) is 0 Å². The molecule has 0 saturated heterocycles. The second kappa shape index (κ2) is 5.28. The van der Waals surface area contributed by atoms with Crippen molar-refractivity contribution in [3.05, 3.63) is 47.8 Å². The predicted octanol–water partition coefficient (Wildman–Crippen LogP) is 4.17. The van der Waals surface area contributed by atoms with Crippen LogP contribution in [-0.4, -0.2) is 0 Å². The molecule has 1 unspecified atom stereocenters. The maximum absolute atomic E-state index is 13.6. The molecule has 0 aliphatic rings.